The van der Waals surface area contributed by atoms with Gasteiger partial charge in [-0.3, -0.25) is 4.98 Å². The van der Waals surface area contributed by atoms with Crippen molar-refractivity contribution < 1.29 is 0 Å². The maximum Gasteiger partial charge on any atom is 0.0772 e. The maximum atomic E-state index is 5.71. The van der Waals surface area contributed by atoms with Gasteiger partial charge in [-0.2, -0.15) is 0 Å². The van der Waals surface area contributed by atoms with Crippen molar-refractivity contribution in [2.24, 2.45) is 5.73 Å². The van der Waals surface area contributed by atoms with Gasteiger partial charge in [-0.25, -0.2) is 0 Å². The first-order chi connectivity index (χ1) is 7.33. The van der Waals surface area contributed by atoms with E-state index in [2.05, 4.69) is 22.9 Å². The highest BCUT2D eigenvalue weighted by Crippen LogP contribution is 2.26. The van der Waals surface area contributed by atoms with Crippen LogP contribution in [0.3, 0.4) is 0 Å². The lowest BCUT2D eigenvalue weighted by Crippen LogP contribution is -2.38. The molecule has 2 rings (SSSR count). The molecule has 1 unspecified atom stereocenters. The Kier molecular flexibility index (Phi) is 3.21. The molecule has 1 aliphatic heterocycles. The predicted molar refractivity (Wildman–Crippen MR) is 62.8 cm³/mol. The molecule has 3 heteroatoms. The van der Waals surface area contributed by atoms with Crippen LogP contribution in [0.25, 0.3) is 0 Å². The van der Waals surface area contributed by atoms with E-state index in [1.165, 1.54) is 24.9 Å². The van der Waals surface area contributed by atoms with Gasteiger partial charge in [0.05, 0.1) is 11.4 Å². The highest BCUT2D eigenvalue weighted by atomic mass is 15.2. The summed E-state index contributed by atoms with van der Waals surface area (Å²) in [7, 11) is 0. The molecule has 3 nitrogen and oxygen atoms in total. The fourth-order valence-electron chi connectivity index (χ4n) is 2.30. The summed E-state index contributed by atoms with van der Waals surface area (Å²) in [6.07, 6.45) is 5.72. The van der Waals surface area contributed by atoms with E-state index >= 15 is 0 Å². The number of pyridine rings is 1. The van der Waals surface area contributed by atoms with Crippen LogP contribution in [0.1, 0.15) is 31.9 Å². The normalized spacial score (nSPS) is 21.7. The third kappa shape index (κ3) is 2.12. The van der Waals surface area contributed by atoms with Crippen LogP contribution >= 0.6 is 0 Å². The van der Waals surface area contributed by atoms with Crippen LogP contribution in [0.15, 0.2) is 18.3 Å². The molecule has 1 saturated heterocycles. The molecule has 15 heavy (non-hydrogen) atoms. The molecule has 0 radical (unpaired) electrons. The second kappa shape index (κ2) is 4.62. The van der Waals surface area contributed by atoms with Crippen LogP contribution in [-0.2, 0) is 6.54 Å². The summed E-state index contributed by atoms with van der Waals surface area (Å²) in [5, 5.41) is 0. The van der Waals surface area contributed by atoms with Crippen molar-refractivity contribution in [1.29, 1.82) is 0 Å². The van der Waals surface area contributed by atoms with Gasteiger partial charge in [0.1, 0.15) is 0 Å². The molecule has 1 atom stereocenters. The van der Waals surface area contributed by atoms with Gasteiger partial charge in [0, 0.05) is 25.3 Å². The Bertz CT molecular complexity index is 324. The molecule has 0 aliphatic carbocycles. The quantitative estimate of drug-likeness (QED) is 0.802. The van der Waals surface area contributed by atoms with Crippen LogP contribution in [0, 0.1) is 0 Å². The van der Waals surface area contributed by atoms with Crippen molar-refractivity contribution in [2.45, 2.75) is 38.8 Å². The van der Waals surface area contributed by atoms with Crippen molar-refractivity contribution in [2.75, 3.05) is 11.4 Å². The minimum absolute atomic E-state index is 0.527. The van der Waals surface area contributed by atoms with Gasteiger partial charge in [-0.05, 0) is 38.3 Å². The van der Waals surface area contributed by atoms with Gasteiger partial charge in [0.2, 0.25) is 0 Å². The number of rotatable bonds is 2. The Morgan fingerprint density at radius 3 is 3.13 bits per heavy atom. The maximum absolute atomic E-state index is 5.71. The number of nitrogens with two attached hydrogens (primary N) is 1. The van der Waals surface area contributed by atoms with E-state index in [1.807, 2.05) is 12.3 Å². The lowest BCUT2D eigenvalue weighted by Gasteiger charge is -2.36. The van der Waals surface area contributed by atoms with Crippen molar-refractivity contribution in [1.82, 2.24) is 4.98 Å². The second-order valence-electron chi connectivity index (χ2n) is 4.21. The summed E-state index contributed by atoms with van der Waals surface area (Å²) in [5.74, 6) is 0. The van der Waals surface area contributed by atoms with Crippen LogP contribution in [0.2, 0.25) is 0 Å². The van der Waals surface area contributed by atoms with E-state index in [4.69, 9.17) is 5.73 Å². The summed E-state index contributed by atoms with van der Waals surface area (Å²) in [6, 6.07) is 4.75. The lowest BCUT2D eigenvalue weighted by atomic mass is 10.0. The van der Waals surface area contributed by atoms with Crippen LogP contribution in [0.5, 0.6) is 0 Å². The Morgan fingerprint density at radius 1 is 1.53 bits per heavy atom. The molecule has 1 aromatic heterocycles. The third-order valence-corrected chi connectivity index (χ3v) is 3.17. The molecule has 1 aromatic rings. The first kappa shape index (κ1) is 10.4. The highest BCUT2D eigenvalue weighted by Gasteiger charge is 2.20. The molecule has 2 N–H and O–H groups in total. The van der Waals surface area contributed by atoms with Crippen LogP contribution in [-0.4, -0.2) is 17.6 Å². The Hall–Kier alpha value is -1.09. The Balaban J connectivity index is 2.26. The molecule has 0 saturated carbocycles. The zero-order chi connectivity index (χ0) is 10.7. The number of hydrogen-bond acceptors (Lipinski definition) is 3. The molecule has 1 fully saturated rings. The van der Waals surface area contributed by atoms with Gasteiger partial charge in [-0.1, -0.05) is 0 Å². The van der Waals surface area contributed by atoms with Crippen LogP contribution < -0.4 is 10.6 Å². The molecular weight excluding hydrogens is 186 g/mol. The van der Waals surface area contributed by atoms with Crippen LogP contribution in [0.4, 0.5) is 5.69 Å². The number of hydrogen-bond donors (Lipinski definition) is 1. The van der Waals surface area contributed by atoms with Crippen molar-refractivity contribution in [3.8, 4) is 0 Å². The molecule has 0 bridgehead atoms. The molecular formula is C12H19N3. The SMILES string of the molecule is CC1CCCCN1c1cccnc1CN. The van der Waals surface area contributed by atoms with Gasteiger partial charge >= 0.3 is 0 Å². The predicted octanol–water partition coefficient (Wildman–Crippen LogP) is 1.92. The fraction of sp³-hybridized carbons (Fsp3) is 0.583. The van der Waals surface area contributed by atoms with Crippen molar-refractivity contribution in [3.63, 3.8) is 0 Å². The smallest absolute Gasteiger partial charge is 0.0772 e. The number of nitrogens with zero attached hydrogens (tertiary/aromatic N) is 2. The van der Waals surface area contributed by atoms with E-state index in [9.17, 15) is 0 Å². The largest absolute Gasteiger partial charge is 0.367 e. The topological polar surface area (TPSA) is 42.2 Å². The van der Waals surface area contributed by atoms with E-state index < -0.39 is 0 Å². The van der Waals surface area contributed by atoms with E-state index in [-0.39, 0.29) is 0 Å². The molecule has 0 amide bonds. The fourth-order valence-corrected chi connectivity index (χ4v) is 2.30. The Morgan fingerprint density at radius 2 is 2.40 bits per heavy atom. The minimum Gasteiger partial charge on any atom is -0.367 e. The van der Waals surface area contributed by atoms with Crippen molar-refractivity contribution >= 4 is 5.69 Å². The first-order valence-electron chi connectivity index (χ1n) is 5.73. The molecule has 2 heterocycles. The average Bonchev–Trinajstić information content (AvgIpc) is 2.30. The lowest BCUT2D eigenvalue weighted by molar-refractivity contribution is 0.483. The molecule has 82 valence electrons. The monoisotopic (exact) mass is 205 g/mol. The molecule has 0 spiro atoms. The number of piperidine rings is 1. The highest BCUT2D eigenvalue weighted by molar-refractivity contribution is 5.51. The first-order valence-corrected chi connectivity index (χ1v) is 5.73. The third-order valence-electron chi connectivity index (χ3n) is 3.17. The molecule has 1 aliphatic rings. The summed E-state index contributed by atoms with van der Waals surface area (Å²) < 4.78 is 0. The van der Waals surface area contributed by atoms with Gasteiger partial charge in [0.25, 0.3) is 0 Å². The average molecular weight is 205 g/mol. The summed E-state index contributed by atoms with van der Waals surface area (Å²) in [6.45, 7) is 3.95. The van der Waals surface area contributed by atoms with E-state index in [0.29, 0.717) is 12.6 Å². The second-order valence-corrected chi connectivity index (χ2v) is 4.21. The summed E-state index contributed by atoms with van der Waals surface area (Å²) in [4.78, 5) is 6.78. The zero-order valence-electron chi connectivity index (χ0n) is 9.32. The standard InChI is InChI=1S/C12H19N3/c1-10-5-2-3-8-15(10)12-6-4-7-14-11(12)9-13/h4,6-7,10H,2-3,5,8-9,13H2,1H3. The van der Waals surface area contributed by atoms with E-state index in [0.717, 1.165) is 12.2 Å². The Labute approximate surface area is 91.3 Å². The van der Waals surface area contributed by atoms with E-state index in [1.54, 1.807) is 0 Å². The van der Waals surface area contributed by atoms with Gasteiger partial charge < -0.3 is 10.6 Å². The minimum atomic E-state index is 0.527. The van der Waals surface area contributed by atoms with Crippen molar-refractivity contribution in [3.05, 3.63) is 24.0 Å². The van der Waals surface area contributed by atoms with Gasteiger partial charge in [0.15, 0.2) is 0 Å². The van der Waals surface area contributed by atoms with Gasteiger partial charge in [-0.15, -0.1) is 0 Å². The summed E-state index contributed by atoms with van der Waals surface area (Å²) in [5.41, 5.74) is 7.96. The number of anilines is 1. The number of aromatic nitrogens is 1. The summed E-state index contributed by atoms with van der Waals surface area (Å²) >= 11 is 0. The molecule has 0 aromatic carbocycles. The zero-order valence-corrected chi connectivity index (χ0v) is 9.32.